The fourth-order valence-corrected chi connectivity index (χ4v) is 1.90. The van der Waals surface area contributed by atoms with E-state index in [1.807, 2.05) is 25.1 Å². The van der Waals surface area contributed by atoms with Crippen LogP contribution in [0.25, 0.3) is 0 Å². The van der Waals surface area contributed by atoms with E-state index >= 15 is 0 Å². The maximum Gasteiger partial charge on any atom is 0.231 e. The number of fused-ring (bicyclic) bond motifs is 1. The lowest BCUT2D eigenvalue weighted by molar-refractivity contribution is 0.131. The molecule has 0 saturated heterocycles. The van der Waals surface area contributed by atoms with Crippen LogP contribution in [-0.2, 0) is 0 Å². The number of benzene rings is 1. The van der Waals surface area contributed by atoms with Crippen molar-refractivity contribution < 1.29 is 14.6 Å². The molecule has 0 fully saturated rings. The van der Waals surface area contributed by atoms with Crippen LogP contribution in [0, 0.1) is 0 Å². The molecule has 88 valence electrons. The van der Waals surface area contributed by atoms with Gasteiger partial charge in [-0.1, -0.05) is 25.5 Å². The molecule has 0 amide bonds. The molecule has 2 atom stereocenters. The minimum atomic E-state index is -0.541. The van der Waals surface area contributed by atoms with Crippen LogP contribution in [0.15, 0.2) is 18.2 Å². The van der Waals surface area contributed by atoms with Crippen LogP contribution in [0.2, 0.25) is 0 Å². The third kappa shape index (κ3) is 1.99. The zero-order valence-corrected chi connectivity index (χ0v) is 9.35. The summed E-state index contributed by atoms with van der Waals surface area (Å²) in [5.74, 6) is 1.38. The summed E-state index contributed by atoms with van der Waals surface area (Å²) in [4.78, 5) is 0. The normalized spacial score (nSPS) is 17.2. The van der Waals surface area contributed by atoms with E-state index in [9.17, 15) is 5.11 Å². The standard InChI is InChI=1S/C12H17NO3/c1-2-4-9(14)11(13)8-5-3-6-10-12(8)16-7-15-10/h3,5-6,9,11,14H,2,4,7,13H2,1H3/t9-,11+/m0/s1. The van der Waals surface area contributed by atoms with Crippen LogP contribution >= 0.6 is 0 Å². The Morgan fingerprint density at radius 1 is 1.44 bits per heavy atom. The Labute approximate surface area is 95.0 Å². The summed E-state index contributed by atoms with van der Waals surface area (Å²) in [5.41, 5.74) is 6.83. The molecule has 0 aromatic heterocycles. The summed E-state index contributed by atoms with van der Waals surface area (Å²) in [6, 6.07) is 5.15. The molecule has 4 nitrogen and oxygen atoms in total. The molecule has 1 aliphatic rings. The summed E-state index contributed by atoms with van der Waals surface area (Å²) in [6.07, 6.45) is 1.05. The van der Waals surface area contributed by atoms with Gasteiger partial charge < -0.3 is 20.3 Å². The minimum absolute atomic E-state index is 0.225. The summed E-state index contributed by atoms with van der Waals surface area (Å²) in [6.45, 7) is 2.24. The van der Waals surface area contributed by atoms with Crippen LogP contribution in [0.5, 0.6) is 11.5 Å². The Morgan fingerprint density at radius 3 is 3.00 bits per heavy atom. The van der Waals surface area contributed by atoms with Crippen molar-refractivity contribution in [1.82, 2.24) is 0 Å². The zero-order valence-electron chi connectivity index (χ0n) is 9.35. The average molecular weight is 223 g/mol. The highest BCUT2D eigenvalue weighted by molar-refractivity contribution is 5.49. The SMILES string of the molecule is CCC[C@H](O)[C@H](N)c1cccc2c1OCO2. The first kappa shape index (κ1) is 11.2. The second-order valence-electron chi connectivity index (χ2n) is 3.96. The predicted molar refractivity (Wildman–Crippen MR) is 60.4 cm³/mol. The smallest absolute Gasteiger partial charge is 0.231 e. The van der Waals surface area contributed by atoms with Crippen molar-refractivity contribution in [1.29, 1.82) is 0 Å². The van der Waals surface area contributed by atoms with Gasteiger partial charge in [-0.05, 0) is 12.5 Å². The molecule has 1 aromatic carbocycles. The van der Waals surface area contributed by atoms with Gasteiger partial charge in [-0.25, -0.2) is 0 Å². The van der Waals surface area contributed by atoms with Gasteiger partial charge in [0.2, 0.25) is 6.79 Å². The van der Waals surface area contributed by atoms with Crippen LogP contribution < -0.4 is 15.2 Å². The van der Waals surface area contributed by atoms with E-state index in [1.54, 1.807) is 0 Å². The highest BCUT2D eigenvalue weighted by Crippen LogP contribution is 2.38. The molecule has 0 radical (unpaired) electrons. The van der Waals surface area contributed by atoms with E-state index < -0.39 is 12.1 Å². The van der Waals surface area contributed by atoms with E-state index in [-0.39, 0.29) is 6.79 Å². The van der Waals surface area contributed by atoms with Gasteiger partial charge in [-0.15, -0.1) is 0 Å². The van der Waals surface area contributed by atoms with Crippen molar-refractivity contribution in [2.24, 2.45) is 5.73 Å². The zero-order chi connectivity index (χ0) is 11.5. The number of aliphatic hydroxyl groups excluding tert-OH is 1. The number of nitrogens with two attached hydrogens (primary N) is 1. The quantitative estimate of drug-likeness (QED) is 0.813. The van der Waals surface area contributed by atoms with Crippen LogP contribution in [0.4, 0.5) is 0 Å². The molecule has 2 rings (SSSR count). The first-order valence-electron chi connectivity index (χ1n) is 5.56. The number of aliphatic hydroxyl groups is 1. The van der Waals surface area contributed by atoms with Crippen molar-refractivity contribution in [3.05, 3.63) is 23.8 Å². The highest BCUT2D eigenvalue weighted by atomic mass is 16.7. The molecular formula is C12H17NO3. The molecule has 0 bridgehead atoms. The fourth-order valence-electron chi connectivity index (χ4n) is 1.90. The number of ether oxygens (including phenoxy) is 2. The van der Waals surface area contributed by atoms with Crippen molar-refractivity contribution in [3.63, 3.8) is 0 Å². The van der Waals surface area contributed by atoms with Gasteiger partial charge in [0.1, 0.15) is 0 Å². The molecule has 0 unspecified atom stereocenters. The average Bonchev–Trinajstić information content (AvgIpc) is 2.76. The highest BCUT2D eigenvalue weighted by Gasteiger charge is 2.24. The number of hydrogen-bond donors (Lipinski definition) is 2. The monoisotopic (exact) mass is 223 g/mol. The van der Waals surface area contributed by atoms with E-state index in [2.05, 4.69) is 0 Å². The van der Waals surface area contributed by atoms with Gasteiger partial charge in [0.05, 0.1) is 12.1 Å². The molecule has 3 N–H and O–H groups in total. The van der Waals surface area contributed by atoms with Crippen molar-refractivity contribution in [3.8, 4) is 11.5 Å². The van der Waals surface area contributed by atoms with Crippen molar-refractivity contribution in [2.75, 3.05) is 6.79 Å². The van der Waals surface area contributed by atoms with Crippen LogP contribution in [0.3, 0.4) is 0 Å². The second kappa shape index (κ2) is 4.72. The second-order valence-corrected chi connectivity index (χ2v) is 3.96. The van der Waals surface area contributed by atoms with Crippen LogP contribution in [-0.4, -0.2) is 18.0 Å². The first-order chi connectivity index (χ1) is 7.74. The van der Waals surface area contributed by atoms with Gasteiger partial charge in [0.15, 0.2) is 11.5 Å². The summed E-state index contributed by atoms with van der Waals surface area (Å²) in [5, 5.41) is 9.88. The third-order valence-corrected chi connectivity index (χ3v) is 2.79. The van der Waals surface area contributed by atoms with Gasteiger partial charge >= 0.3 is 0 Å². The largest absolute Gasteiger partial charge is 0.454 e. The summed E-state index contributed by atoms with van der Waals surface area (Å²) >= 11 is 0. The molecule has 4 heteroatoms. The number of rotatable bonds is 4. The molecule has 1 aromatic rings. The fraction of sp³-hybridized carbons (Fsp3) is 0.500. The lowest BCUT2D eigenvalue weighted by Crippen LogP contribution is -2.26. The maximum atomic E-state index is 9.88. The van der Waals surface area contributed by atoms with Gasteiger partial charge in [-0.2, -0.15) is 0 Å². The molecule has 1 heterocycles. The first-order valence-corrected chi connectivity index (χ1v) is 5.56. The van der Waals surface area contributed by atoms with E-state index in [4.69, 9.17) is 15.2 Å². The molecular weight excluding hydrogens is 206 g/mol. The Kier molecular flexibility index (Phi) is 3.31. The minimum Gasteiger partial charge on any atom is -0.454 e. The Bertz CT molecular complexity index is 367. The van der Waals surface area contributed by atoms with E-state index in [0.717, 1.165) is 12.0 Å². The third-order valence-electron chi connectivity index (χ3n) is 2.79. The van der Waals surface area contributed by atoms with Gasteiger partial charge in [0.25, 0.3) is 0 Å². The lowest BCUT2D eigenvalue weighted by Gasteiger charge is -2.19. The molecule has 0 spiro atoms. The number of para-hydroxylation sites is 1. The maximum absolute atomic E-state index is 9.88. The van der Waals surface area contributed by atoms with E-state index in [1.165, 1.54) is 0 Å². The molecule has 1 aliphatic heterocycles. The summed E-state index contributed by atoms with van der Waals surface area (Å²) in [7, 11) is 0. The van der Waals surface area contributed by atoms with Crippen molar-refractivity contribution in [2.45, 2.75) is 31.9 Å². The molecule has 16 heavy (non-hydrogen) atoms. The Balaban J connectivity index is 2.23. The Hall–Kier alpha value is -1.26. The van der Waals surface area contributed by atoms with Gasteiger partial charge in [0, 0.05) is 5.56 Å². The topological polar surface area (TPSA) is 64.7 Å². The lowest BCUT2D eigenvalue weighted by atomic mass is 9.98. The Morgan fingerprint density at radius 2 is 2.25 bits per heavy atom. The molecule has 0 aliphatic carbocycles. The molecule has 0 saturated carbocycles. The van der Waals surface area contributed by atoms with E-state index in [0.29, 0.717) is 17.9 Å². The predicted octanol–water partition coefficient (Wildman–Crippen LogP) is 1.58. The summed E-state index contributed by atoms with van der Waals surface area (Å²) < 4.78 is 10.6. The number of hydrogen-bond acceptors (Lipinski definition) is 4. The van der Waals surface area contributed by atoms with Crippen molar-refractivity contribution >= 4 is 0 Å². The van der Waals surface area contributed by atoms with Crippen LogP contribution in [0.1, 0.15) is 31.4 Å². The van der Waals surface area contributed by atoms with Gasteiger partial charge in [-0.3, -0.25) is 0 Å².